The zero-order valence-electron chi connectivity index (χ0n) is 60.9. The van der Waals surface area contributed by atoms with E-state index >= 15 is 0 Å². The highest BCUT2D eigenvalue weighted by molar-refractivity contribution is 7.55. The van der Waals surface area contributed by atoms with E-state index in [0.29, 0.717) is 35.3 Å². The molecule has 0 saturated heterocycles. The number of aromatic nitrogens is 8. The number of benzene rings is 12. The first-order chi connectivity index (χ1) is 52.2. The highest BCUT2D eigenvalue weighted by Crippen LogP contribution is 2.38. The summed E-state index contributed by atoms with van der Waals surface area (Å²) in [5.41, 5.74) is 18.7. The number of aliphatic hydroxyl groups is 1. The van der Waals surface area contributed by atoms with Crippen LogP contribution in [0.5, 0.6) is 5.75 Å². The molecule has 3 radical (unpaired) electrons. The first kappa shape index (κ1) is 72.5. The molecule has 0 aliphatic heterocycles. The van der Waals surface area contributed by atoms with E-state index in [0.717, 1.165) is 105 Å². The molecular formula is C89H77B2N8O5P2. The van der Waals surface area contributed by atoms with Crippen molar-refractivity contribution in [3.8, 4) is 108 Å². The lowest BCUT2D eigenvalue weighted by atomic mass is 9.87. The van der Waals surface area contributed by atoms with Gasteiger partial charge in [0.15, 0.2) is 0 Å². The lowest BCUT2D eigenvalue weighted by Gasteiger charge is -2.18. The standard InChI is InChI=1S/C26H20N2.C24H22N2O.C22H14N2O.C16H14N2O3.CH5BP.BH2P/c1-17-15-23(19-9-5-3-6-10-19)21-13-14-22-24(20-11-7-4-8-12-20)16-18(2)28-26(22)25(21)27-17;1-24(2,3)21-15-13-20(14-16-21)23-26-25-22(27-23)19-11-9-18(10-12-19)17-7-5-4-6-8-17;1-3-11-17-15(7-1)9-5-13-19(17)21-23-24-22(25-21)20-14-6-10-16-8-2-4-12-18(16)20;1-20-14-7-3-6-13(9-14)16-18-17-15(21-16)12-5-2-4-11(8-12)10-19;1-2-3;1-2/h3-16H,1-2H3;4-16H,1-3H3;1-14H;2-9,19H,10H2,1H3;3H2,1H3;2H2/i;;;;;2D. The molecule has 0 amide bonds. The minimum atomic E-state index is -0.167. The molecule has 5 aromatic heterocycles. The fourth-order valence-electron chi connectivity index (χ4n) is 12.2. The van der Waals surface area contributed by atoms with Crippen molar-refractivity contribution in [3.63, 3.8) is 0 Å². The van der Waals surface area contributed by atoms with Crippen LogP contribution in [0.3, 0.4) is 0 Å². The minimum absolute atomic E-state index is 0.0231. The van der Waals surface area contributed by atoms with Crippen LogP contribution in [0.4, 0.5) is 0 Å². The molecule has 13 nitrogen and oxygen atoms in total. The minimum Gasteiger partial charge on any atom is -0.497 e. The summed E-state index contributed by atoms with van der Waals surface area (Å²) in [5.74, 6) is 3.73. The molecule has 106 heavy (non-hydrogen) atoms. The molecule has 17 rings (SSSR count). The molecule has 0 bridgehead atoms. The number of pyridine rings is 2. The Kier molecular flexibility index (Phi) is 24.0. The Labute approximate surface area is 625 Å². The van der Waals surface area contributed by atoms with Crippen molar-refractivity contribution in [1.29, 1.82) is 1.28 Å². The zero-order chi connectivity index (χ0) is 74.7. The van der Waals surface area contributed by atoms with Crippen molar-refractivity contribution in [1.82, 2.24) is 40.6 Å². The summed E-state index contributed by atoms with van der Waals surface area (Å²) < 4.78 is 28.8. The Morgan fingerprint density at radius 3 is 1.20 bits per heavy atom. The van der Waals surface area contributed by atoms with Crippen LogP contribution in [0.1, 0.15) is 43.3 Å². The molecule has 0 aliphatic rings. The topological polar surface area (TPSA) is 172 Å². The first-order valence-corrected chi connectivity index (χ1v) is 35.8. The number of rotatable bonds is 11. The Morgan fingerprint density at radius 1 is 0.396 bits per heavy atom. The van der Waals surface area contributed by atoms with E-state index in [4.69, 9.17) is 34.3 Å². The third-order valence-electron chi connectivity index (χ3n) is 17.4. The van der Waals surface area contributed by atoms with Crippen molar-refractivity contribution >= 4 is 76.1 Å². The van der Waals surface area contributed by atoms with Gasteiger partial charge in [-0.1, -0.05) is 246 Å². The number of nitrogens with zero attached hydrogens (tertiary/aromatic N) is 8. The van der Waals surface area contributed by atoms with Crippen molar-refractivity contribution in [2.75, 3.05) is 7.11 Å². The maximum Gasteiger partial charge on any atom is 0.248 e. The highest BCUT2D eigenvalue weighted by atomic mass is 31.0. The van der Waals surface area contributed by atoms with Crippen LogP contribution in [0.2, 0.25) is 6.82 Å². The summed E-state index contributed by atoms with van der Waals surface area (Å²) in [4.78, 5) is 9.81. The molecule has 2 unspecified atom stereocenters. The predicted molar refractivity (Wildman–Crippen MR) is 441 cm³/mol. The summed E-state index contributed by atoms with van der Waals surface area (Å²) in [6, 6.07) is 100.0. The molecule has 1 N–H and O–H groups in total. The Morgan fingerprint density at radius 2 is 0.745 bits per heavy atom. The molecule has 5 heterocycles. The van der Waals surface area contributed by atoms with Crippen LogP contribution in [0.15, 0.2) is 311 Å². The molecule has 0 saturated carbocycles. The van der Waals surface area contributed by atoms with Gasteiger partial charge >= 0.3 is 0 Å². The van der Waals surface area contributed by atoms with Gasteiger partial charge in [0.25, 0.3) is 0 Å². The van der Waals surface area contributed by atoms with Gasteiger partial charge in [0.05, 0.1) is 32.3 Å². The monoisotopic (exact) mass is 1420 g/mol. The molecule has 0 spiro atoms. The third kappa shape index (κ3) is 17.7. The van der Waals surface area contributed by atoms with E-state index in [2.05, 4.69) is 227 Å². The Hall–Kier alpha value is -11.9. The van der Waals surface area contributed by atoms with Gasteiger partial charge in [0.1, 0.15) is 12.7 Å². The average molecular weight is 1420 g/mol. The summed E-state index contributed by atoms with van der Waals surface area (Å²) in [5, 5.41) is 41.1. The maximum absolute atomic E-state index is 9.17. The summed E-state index contributed by atoms with van der Waals surface area (Å²) in [6.45, 7) is 14.6. The van der Waals surface area contributed by atoms with Gasteiger partial charge in [-0.05, 0) is 164 Å². The quantitative estimate of drug-likeness (QED) is 0.0737. The number of hydrogen-bond donors (Lipinski definition) is 1. The Balaban J connectivity index is 0.000000131. The Bertz CT molecular complexity index is 5500. The maximum atomic E-state index is 9.17. The fraction of sp³-hybridized carbons (Fsp3) is 0.101. The van der Waals surface area contributed by atoms with Crippen LogP contribution < -0.4 is 4.74 Å². The molecular weight excluding hydrogens is 1340 g/mol. The highest BCUT2D eigenvalue weighted by Gasteiger charge is 2.19. The van der Waals surface area contributed by atoms with E-state index in [1.54, 1.807) is 7.11 Å². The van der Waals surface area contributed by atoms with Gasteiger partial charge in [-0.3, -0.25) is 9.97 Å². The van der Waals surface area contributed by atoms with Gasteiger partial charge in [0.2, 0.25) is 35.3 Å². The van der Waals surface area contributed by atoms with E-state index < -0.39 is 0 Å². The second kappa shape index (κ2) is 35.1. The number of aliphatic hydroxyl groups excluding tert-OH is 1. The van der Waals surface area contributed by atoms with Crippen LogP contribution in [0, 0.1) is 13.8 Å². The summed E-state index contributed by atoms with van der Waals surface area (Å²) >= 11 is 0. The fourth-order valence-corrected chi connectivity index (χ4v) is 12.2. The third-order valence-corrected chi connectivity index (χ3v) is 17.4. The lowest BCUT2D eigenvalue weighted by Crippen LogP contribution is -2.10. The first-order valence-electron chi connectivity index (χ1n) is 35.0. The number of fused-ring (bicyclic) bond motifs is 5. The lowest BCUT2D eigenvalue weighted by molar-refractivity contribution is 0.282. The molecule has 12 aromatic carbocycles. The molecule has 0 aliphatic carbocycles. The second-order valence-corrected chi connectivity index (χ2v) is 26.4. The largest absolute Gasteiger partial charge is 0.497 e. The van der Waals surface area contributed by atoms with Crippen LogP contribution >= 0.6 is 18.2 Å². The van der Waals surface area contributed by atoms with Crippen LogP contribution in [-0.2, 0) is 12.0 Å². The number of aryl methyl sites for hydroxylation is 2. The van der Waals surface area contributed by atoms with Gasteiger partial charge in [-0.2, -0.15) is 18.2 Å². The molecule has 519 valence electrons. The number of methoxy groups -OCH3 is 1. The van der Waals surface area contributed by atoms with E-state index in [1.807, 2.05) is 165 Å². The summed E-state index contributed by atoms with van der Waals surface area (Å²) in [6.07, 6.45) is 0. The van der Waals surface area contributed by atoms with Crippen LogP contribution in [0.25, 0.3) is 145 Å². The smallest absolute Gasteiger partial charge is 0.248 e. The van der Waals surface area contributed by atoms with Gasteiger partial charge < -0.3 is 23.1 Å². The number of ether oxygens (including phenoxy) is 1. The molecule has 0 fully saturated rings. The average Bonchev–Trinajstić information content (AvgIpc) is 1.47. The van der Waals surface area contributed by atoms with E-state index in [1.165, 1.54) is 33.4 Å². The van der Waals surface area contributed by atoms with Crippen LogP contribution in [-0.4, -0.2) is 68.6 Å². The molecule has 17 aromatic rings. The second-order valence-electron chi connectivity index (χ2n) is 25.7. The van der Waals surface area contributed by atoms with Crippen molar-refractivity contribution in [2.24, 2.45) is 0 Å². The SMILES string of the molecule is CC(C)(C)c1ccc(-c2nnc(-c3ccc(-c4ccccc4)cc3)o2)cc1.COc1cccc(-c2nnc(-c3cccc(CO)c3)o2)c1.C[B]P.Cc1cc(-c2ccccc2)c2ccc3c(-c4ccccc4)cc(C)nc3c2n1.[2H]P[B].c1ccc2c(-c3nnc(-c4cccc5ccccc45)o3)cccc2c1. The number of hydrogen-bond acceptors (Lipinski definition) is 13. The predicted octanol–water partition coefficient (Wildman–Crippen LogP) is 22.2. The molecule has 17 heteroatoms. The van der Waals surface area contributed by atoms with Gasteiger partial charge in [-0.25, -0.2) is 0 Å². The van der Waals surface area contributed by atoms with Crippen molar-refractivity contribution in [3.05, 3.63) is 320 Å². The van der Waals surface area contributed by atoms with Crippen molar-refractivity contribution in [2.45, 2.75) is 53.5 Å². The molecule has 2 atom stereocenters. The van der Waals surface area contributed by atoms with Crippen molar-refractivity contribution < 1.29 is 23.1 Å². The van der Waals surface area contributed by atoms with E-state index in [-0.39, 0.29) is 21.1 Å². The normalized spacial score (nSPS) is 11.0. The summed E-state index contributed by atoms with van der Waals surface area (Å²) in [7, 11) is 8.44. The van der Waals surface area contributed by atoms with E-state index in [9.17, 15) is 0 Å². The zero-order valence-corrected chi connectivity index (χ0v) is 62.0. The van der Waals surface area contributed by atoms with Gasteiger partial charge in [-0.15, -0.1) is 30.6 Å². The van der Waals surface area contributed by atoms with Gasteiger partial charge in [0, 0.05) is 56.8 Å².